The van der Waals surface area contributed by atoms with Gasteiger partial charge >= 0.3 is 0 Å². The molecule has 0 aromatic heterocycles. The third-order valence-electron chi connectivity index (χ3n) is 4.07. The molecule has 2 N–H and O–H groups in total. The lowest BCUT2D eigenvalue weighted by Crippen LogP contribution is -2.47. The van der Waals surface area contributed by atoms with Crippen LogP contribution in [0, 0.1) is 0 Å². The highest BCUT2D eigenvalue weighted by Crippen LogP contribution is 2.25. The van der Waals surface area contributed by atoms with E-state index in [9.17, 15) is 5.11 Å². The molecule has 0 aromatic rings. The fourth-order valence-corrected chi connectivity index (χ4v) is 3.08. The largest absolute Gasteiger partial charge is 0.392 e. The molecule has 0 radical (unpaired) electrons. The van der Waals surface area contributed by atoms with E-state index in [1.165, 1.54) is 51.6 Å². The number of rotatable bonds is 4. The first-order valence-corrected chi connectivity index (χ1v) is 6.91. The lowest BCUT2D eigenvalue weighted by Gasteiger charge is -2.36. The number of likely N-dealkylation sites (tertiary alicyclic amines) is 1. The second kappa shape index (κ2) is 5.99. The molecule has 2 fully saturated rings. The molecule has 3 heteroatoms. The minimum absolute atomic E-state index is 0.215. The number of nitrogens with zero attached hydrogens (tertiary/aromatic N) is 1. The Morgan fingerprint density at radius 3 is 2.38 bits per heavy atom. The van der Waals surface area contributed by atoms with Gasteiger partial charge in [-0.1, -0.05) is 12.8 Å². The molecule has 1 heterocycles. The maximum atomic E-state index is 9.23. The Bertz CT molecular complexity index is 194. The van der Waals surface area contributed by atoms with Crippen LogP contribution in [0.2, 0.25) is 0 Å². The maximum absolute atomic E-state index is 9.23. The zero-order chi connectivity index (χ0) is 11.4. The quantitative estimate of drug-likeness (QED) is 0.760. The van der Waals surface area contributed by atoms with Crippen molar-refractivity contribution in [1.29, 1.82) is 0 Å². The van der Waals surface area contributed by atoms with Crippen molar-refractivity contribution in [2.45, 2.75) is 63.6 Å². The number of hydrogen-bond acceptors (Lipinski definition) is 3. The van der Waals surface area contributed by atoms with Gasteiger partial charge in [0.05, 0.1) is 6.10 Å². The van der Waals surface area contributed by atoms with E-state index in [0.29, 0.717) is 6.04 Å². The molecule has 2 aliphatic rings. The molecule has 0 aromatic carbocycles. The van der Waals surface area contributed by atoms with Gasteiger partial charge in [-0.15, -0.1) is 0 Å². The molecule has 1 aliphatic carbocycles. The predicted octanol–water partition coefficient (Wildman–Crippen LogP) is 1.36. The van der Waals surface area contributed by atoms with Gasteiger partial charge in [-0.3, -0.25) is 0 Å². The van der Waals surface area contributed by atoms with Gasteiger partial charge in [0.2, 0.25) is 0 Å². The van der Waals surface area contributed by atoms with Crippen LogP contribution in [0.1, 0.15) is 45.4 Å². The molecular formula is C13H26N2O. The molecular weight excluding hydrogens is 200 g/mol. The highest BCUT2D eigenvalue weighted by Gasteiger charge is 2.26. The molecule has 3 nitrogen and oxygen atoms in total. The van der Waals surface area contributed by atoms with E-state index in [1.54, 1.807) is 0 Å². The van der Waals surface area contributed by atoms with Gasteiger partial charge in [-0.25, -0.2) is 0 Å². The summed E-state index contributed by atoms with van der Waals surface area (Å²) in [5.41, 5.74) is 0. The van der Waals surface area contributed by atoms with Crippen molar-refractivity contribution < 1.29 is 5.11 Å². The zero-order valence-electron chi connectivity index (χ0n) is 10.5. The van der Waals surface area contributed by atoms with Gasteiger partial charge in [-0.05, 0) is 45.7 Å². The Morgan fingerprint density at radius 1 is 1.19 bits per heavy atom. The first-order chi connectivity index (χ1) is 7.75. The molecule has 1 aliphatic heterocycles. The third-order valence-corrected chi connectivity index (χ3v) is 4.07. The Labute approximate surface area is 99.2 Å². The average Bonchev–Trinajstić information content (AvgIpc) is 2.80. The second-order valence-corrected chi connectivity index (χ2v) is 5.51. The van der Waals surface area contributed by atoms with Gasteiger partial charge in [0.1, 0.15) is 0 Å². The van der Waals surface area contributed by atoms with E-state index in [4.69, 9.17) is 0 Å². The van der Waals surface area contributed by atoms with Crippen LogP contribution in [0.15, 0.2) is 0 Å². The van der Waals surface area contributed by atoms with E-state index in [2.05, 4.69) is 10.2 Å². The van der Waals surface area contributed by atoms with Crippen molar-refractivity contribution in [2.75, 3.05) is 19.6 Å². The predicted molar refractivity (Wildman–Crippen MR) is 66.5 cm³/mol. The van der Waals surface area contributed by atoms with Crippen molar-refractivity contribution in [2.24, 2.45) is 0 Å². The van der Waals surface area contributed by atoms with E-state index < -0.39 is 0 Å². The first-order valence-electron chi connectivity index (χ1n) is 6.91. The summed E-state index contributed by atoms with van der Waals surface area (Å²) < 4.78 is 0. The highest BCUT2D eigenvalue weighted by atomic mass is 16.3. The van der Waals surface area contributed by atoms with Crippen molar-refractivity contribution in [3.05, 3.63) is 0 Å². The number of piperidine rings is 1. The highest BCUT2D eigenvalue weighted by molar-refractivity contribution is 4.84. The van der Waals surface area contributed by atoms with E-state index in [-0.39, 0.29) is 6.10 Å². The van der Waals surface area contributed by atoms with Gasteiger partial charge < -0.3 is 15.3 Å². The van der Waals surface area contributed by atoms with Crippen LogP contribution in [0.3, 0.4) is 0 Å². The van der Waals surface area contributed by atoms with Crippen molar-refractivity contribution in [1.82, 2.24) is 10.2 Å². The second-order valence-electron chi connectivity index (χ2n) is 5.51. The van der Waals surface area contributed by atoms with E-state index in [0.717, 1.165) is 12.6 Å². The van der Waals surface area contributed by atoms with Crippen molar-refractivity contribution in [3.63, 3.8) is 0 Å². The Morgan fingerprint density at radius 2 is 1.81 bits per heavy atom. The van der Waals surface area contributed by atoms with Crippen LogP contribution in [0.4, 0.5) is 0 Å². The summed E-state index contributed by atoms with van der Waals surface area (Å²) >= 11 is 0. The van der Waals surface area contributed by atoms with E-state index in [1.807, 2.05) is 6.92 Å². The van der Waals surface area contributed by atoms with E-state index >= 15 is 0 Å². The number of aliphatic hydroxyl groups excluding tert-OH is 1. The van der Waals surface area contributed by atoms with Gasteiger partial charge in [0.25, 0.3) is 0 Å². The van der Waals surface area contributed by atoms with Gasteiger partial charge in [0, 0.05) is 18.6 Å². The summed E-state index contributed by atoms with van der Waals surface area (Å²) in [6, 6.07) is 1.52. The zero-order valence-corrected chi connectivity index (χ0v) is 10.5. The molecule has 1 unspecified atom stereocenters. The minimum Gasteiger partial charge on any atom is -0.392 e. The molecule has 1 atom stereocenters. The topological polar surface area (TPSA) is 35.5 Å². The SMILES string of the molecule is CC(O)CNC1CCN(C2CCCC2)CC1. The van der Waals surface area contributed by atoms with Crippen LogP contribution in [0.25, 0.3) is 0 Å². The lowest BCUT2D eigenvalue weighted by atomic mass is 10.0. The fourth-order valence-electron chi connectivity index (χ4n) is 3.08. The smallest absolute Gasteiger partial charge is 0.0636 e. The van der Waals surface area contributed by atoms with Crippen LogP contribution < -0.4 is 5.32 Å². The maximum Gasteiger partial charge on any atom is 0.0636 e. The fraction of sp³-hybridized carbons (Fsp3) is 1.00. The molecule has 16 heavy (non-hydrogen) atoms. The van der Waals surface area contributed by atoms with Crippen LogP contribution in [-0.4, -0.2) is 47.8 Å². The molecule has 0 bridgehead atoms. The van der Waals surface area contributed by atoms with Crippen LogP contribution in [0.5, 0.6) is 0 Å². The summed E-state index contributed by atoms with van der Waals surface area (Å²) in [6.45, 7) is 5.10. The average molecular weight is 226 g/mol. The Kier molecular flexibility index (Phi) is 4.62. The van der Waals surface area contributed by atoms with Crippen molar-refractivity contribution >= 4 is 0 Å². The van der Waals surface area contributed by atoms with Gasteiger partial charge in [-0.2, -0.15) is 0 Å². The third kappa shape index (κ3) is 3.44. The van der Waals surface area contributed by atoms with Crippen molar-refractivity contribution in [3.8, 4) is 0 Å². The first kappa shape index (κ1) is 12.3. The molecule has 0 spiro atoms. The monoisotopic (exact) mass is 226 g/mol. The standard InChI is InChI=1S/C13H26N2O/c1-11(16)10-14-12-6-8-15(9-7-12)13-4-2-3-5-13/h11-14,16H,2-10H2,1H3. The summed E-state index contributed by atoms with van der Waals surface area (Å²) in [4.78, 5) is 2.69. The molecule has 1 saturated carbocycles. The Hall–Kier alpha value is -0.120. The normalized spacial score (nSPS) is 27.4. The minimum atomic E-state index is -0.215. The van der Waals surface area contributed by atoms with Crippen LogP contribution >= 0.6 is 0 Å². The Balaban J connectivity index is 1.65. The molecule has 0 amide bonds. The molecule has 2 rings (SSSR count). The summed E-state index contributed by atoms with van der Waals surface area (Å²) in [6.07, 6.45) is 8.01. The summed E-state index contributed by atoms with van der Waals surface area (Å²) in [5.74, 6) is 0. The van der Waals surface area contributed by atoms with Gasteiger partial charge in [0.15, 0.2) is 0 Å². The molecule has 94 valence electrons. The molecule has 1 saturated heterocycles. The van der Waals surface area contributed by atoms with Crippen LogP contribution in [-0.2, 0) is 0 Å². The number of aliphatic hydroxyl groups is 1. The number of hydrogen-bond donors (Lipinski definition) is 2. The lowest BCUT2D eigenvalue weighted by molar-refractivity contribution is 0.133. The number of nitrogens with one attached hydrogen (secondary N) is 1. The summed E-state index contributed by atoms with van der Waals surface area (Å²) in [5, 5.41) is 12.7. The summed E-state index contributed by atoms with van der Waals surface area (Å²) in [7, 11) is 0.